The Kier molecular flexibility index (Phi) is 9.72. The highest BCUT2D eigenvalue weighted by Crippen LogP contribution is 2.44. The molecule has 5 heteroatoms. The fourth-order valence-corrected chi connectivity index (χ4v) is 13.6. The molecule has 16 aromatic rings. The molecule has 5 heterocycles. The largest absolute Gasteiger partial charge is 0.309 e. The number of rotatable bonds is 5. The predicted octanol–water partition coefficient (Wildman–Crippen LogP) is 20.1. The van der Waals surface area contributed by atoms with Crippen LogP contribution in [0.2, 0.25) is 0 Å². The van der Waals surface area contributed by atoms with Gasteiger partial charge in [-0.25, -0.2) is 0 Å². The summed E-state index contributed by atoms with van der Waals surface area (Å²) in [6.07, 6.45) is 0. The van der Waals surface area contributed by atoms with Crippen molar-refractivity contribution in [2.75, 3.05) is 0 Å². The van der Waals surface area contributed by atoms with Crippen LogP contribution in [0.5, 0.6) is 0 Å². The van der Waals surface area contributed by atoms with Gasteiger partial charge in [-0.3, -0.25) is 0 Å². The first-order valence-corrected chi connectivity index (χ1v) is 28.2. The molecule has 384 valence electrons. The second kappa shape index (κ2) is 16.7. The van der Waals surface area contributed by atoms with Gasteiger partial charge in [0.05, 0.1) is 55.2 Å². The minimum atomic E-state index is 0.0645. The van der Waals surface area contributed by atoms with Crippen LogP contribution in [0, 0.1) is 6.92 Å². The molecule has 5 aromatic heterocycles. The van der Waals surface area contributed by atoms with E-state index in [0.29, 0.717) is 0 Å². The highest BCUT2D eigenvalue weighted by atomic mass is 15.0. The van der Waals surface area contributed by atoms with Crippen molar-refractivity contribution in [2.24, 2.45) is 0 Å². The van der Waals surface area contributed by atoms with Crippen LogP contribution >= 0.6 is 0 Å². The molecule has 0 N–H and O–H groups in total. The second-order valence-corrected chi connectivity index (χ2v) is 24.3. The summed E-state index contributed by atoms with van der Waals surface area (Å²) in [6.45, 7) is 15.9. The summed E-state index contributed by atoms with van der Waals surface area (Å²) in [5.41, 5.74) is 21.7. The van der Waals surface area contributed by atoms with Crippen LogP contribution in [-0.2, 0) is 10.8 Å². The van der Waals surface area contributed by atoms with Gasteiger partial charge in [0.1, 0.15) is 0 Å². The Balaban J connectivity index is 0.853. The van der Waals surface area contributed by atoms with E-state index in [1.54, 1.807) is 0 Å². The van der Waals surface area contributed by atoms with Crippen molar-refractivity contribution in [1.29, 1.82) is 0 Å². The summed E-state index contributed by atoms with van der Waals surface area (Å²) < 4.78 is 12.3. The Bertz CT molecular complexity index is 5230. The maximum absolute atomic E-state index is 2.49. The molecule has 80 heavy (non-hydrogen) atoms. The second-order valence-electron chi connectivity index (χ2n) is 24.3. The maximum Gasteiger partial charge on any atom is 0.0570 e. The molecule has 0 unspecified atom stereocenters. The first-order chi connectivity index (χ1) is 38.9. The zero-order chi connectivity index (χ0) is 53.9. The first kappa shape index (κ1) is 46.5. The molecule has 0 bridgehead atoms. The molecule has 0 atom stereocenters. The quantitative estimate of drug-likeness (QED) is 0.164. The molecule has 0 aliphatic carbocycles. The van der Waals surface area contributed by atoms with E-state index in [2.05, 4.69) is 302 Å². The van der Waals surface area contributed by atoms with Gasteiger partial charge >= 0.3 is 0 Å². The van der Waals surface area contributed by atoms with Crippen molar-refractivity contribution in [1.82, 2.24) is 22.8 Å². The van der Waals surface area contributed by atoms with Gasteiger partial charge < -0.3 is 22.8 Å². The molecule has 11 aromatic carbocycles. The monoisotopic (exact) mass is 1030 g/mol. The van der Waals surface area contributed by atoms with Gasteiger partial charge in [0.2, 0.25) is 0 Å². The molecule has 0 aliphatic rings. The van der Waals surface area contributed by atoms with E-state index in [-0.39, 0.29) is 10.8 Å². The fourth-order valence-electron chi connectivity index (χ4n) is 13.6. The van der Waals surface area contributed by atoms with Gasteiger partial charge in [0, 0.05) is 82.3 Å². The summed E-state index contributed by atoms with van der Waals surface area (Å²) in [6, 6.07) is 86.7. The number of aromatic nitrogens is 5. The van der Waals surface area contributed by atoms with Gasteiger partial charge in [-0.15, -0.1) is 0 Å². The van der Waals surface area contributed by atoms with Crippen molar-refractivity contribution >= 4 is 109 Å². The number of hydrogen-bond acceptors (Lipinski definition) is 0. The van der Waals surface area contributed by atoms with Crippen LogP contribution in [-0.4, -0.2) is 22.8 Å². The number of fused-ring (bicyclic) bond motifs is 15. The average Bonchev–Trinajstić information content (AvgIpc) is 4.13. The maximum atomic E-state index is 2.49. The van der Waals surface area contributed by atoms with Crippen molar-refractivity contribution in [2.45, 2.75) is 59.3 Å². The Morgan fingerprint density at radius 3 is 0.950 bits per heavy atom. The minimum absolute atomic E-state index is 0.0645. The van der Waals surface area contributed by atoms with E-state index in [1.807, 2.05) is 0 Å². The Morgan fingerprint density at radius 1 is 0.225 bits per heavy atom. The molecular weight excluding hydrogens is 971 g/mol. The third kappa shape index (κ3) is 6.70. The Labute approximate surface area is 464 Å². The molecule has 0 amide bonds. The lowest BCUT2D eigenvalue weighted by molar-refractivity contribution is 0.590. The van der Waals surface area contributed by atoms with E-state index in [1.165, 1.54) is 137 Å². The van der Waals surface area contributed by atoms with Crippen molar-refractivity contribution in [3.63, 3.8) is 0 Å². The summed E-state index contributed by atoms with van der Waals surface area (Å²) in [5.74, 6) is 0. The van der Waals surface area contributed by atoms with E-state index < -0.39 is 0 Å². The highest BCUT2D eigenvalue weighted by Gasteiger charge is 2.24. The molecule has 16 rings (SSSR count). The van der Waals surface area contributed by atoms with Gasteiger partial charge in [-0.1, -0.05) is 157 Å². The van der Waals surface area contributed by atoms with Crippen LogP contribution in [0.4, 0.5) is 0 Å². The van der Waals surface area contributed by atoms with Gasteiger partial charge in [0.15, 0.2) is 0 Å². The van der Waals surface area contributed by atoms with Gasteiger partial charge in [-0.05, 0) is 150 Å². The fraction of sp³-hybridized carbons (Fsp3) is 0.120. The SMILES string of the molecule is Cc1cccc2c3cc4c5ccccc5n(-c5ccc6c(c5)c5ccccc5n6-c5ccc(-n6c7ccccc7c7cc8c9ccccc9n(-c9ccc(C(C)(C)C)cc9)c8cc76)cc5)c4cc3n(-c3ccc(C(C)(C)C)cc3)c12. The lowest BCUT2D eigenvalue weighted by Crippen LogP contribution is -2.10. The highest BCUT2D eigenvalue weighted by molar-refractivity contribution is 6.21. The Morgan fingerprint density at radius 2 is 0.525 bits per heavy atom. The van der Waals surface area contributed by atoms with Crippen LogP contribution in [0.25, 0.3) is 137 Å². The third-order valence-electron chi connectivity index (χ3n) is 17.5. The average molecular weight is 1030 g/mol. The number of aryl methyl sites for hydroxylation is 1. The summed E-state index contributed by atoms with van der Waals surface area (Å²) >= 11 is 0. The normalized spacial score (nSPS) is 12.7. The Hall–Kier alpha value is -9.58. The van der Waals surface area contributed by atoms with Crippen LogP contribution in [0.1, 0.15) is 58.2 Å². The standard InChI is InChI=1S/C75H59N5/c1-46-17-16-22-58-63-43-62-57-21-11-15-26-67(57)79(71(62)45-72(63)80(73(46)58)52-33-29-48(30-34-52)75(5,6)7)53-39-40-68-59(41-53)54-18-8-12-23-64(54)76(68)50-35-37-51(38-36-50)78-66-25-14-10-20-56(66)61-42-60-55-19-9-13-24-65(55)77(69(60)44-70(61)78)49-31-27-47(28-32-49)74(2,3)4/h8-45H,1-7H3. The molecule has 0 fully saturated rings. The molecular formula is C75H59N5. The topological polar surface area (TPSA) is 24.6 Å². The molecule has 0 saturated heterocycles. The third-order valence-corrected chi connectivity index (χ3v) is 17.5. The zero-order valence-electron chi connectivity index (χ0n) is 46.2. The summed E-state index contributed by atoms with van der Waals surface area (Å²) in [7, 11) is 0. The van der Waals surface area contributed by atoms with Crippen LogP contribution in [0.3, 0.4) is 0 Å². The van der Waals surface area contributed by atoms with Crippen molar-refractivity contribution in [3.8, 4) is 28.4 Å². The van der Waals surface area contributed by atoms with E-state index in [4.69, 9.17) is 0 Å². The molecule has 0 saturated carbocycles. The van der Waals surface area contributed by atoms with E-state index >= 15 is 0 Å². The predicted molar refractivity (Wildman–Crippen MR) is 340 cm³/mol. The molecule has 0 aliphatic heterocycles. The first-order valence-electron chi connectivity index (χ1n) is 28.2. The van der Waals surface area contributed by atoms with E-state index in [9.17, 15) is 0 Å². The van der Waals surface area contributed by atoms with Gasteiger partial charge in [0.25, 0.3) is 0 Å². The molecule has 5 nitrogen and oxygen atoms in total. The van der Waals surface area contributed by atoms with Gasteiger partial charge in [-0.2, -0.15) is 0 Å². The van der Waals surface area contributed by atoms with Crippen LogP contribution < -0.4 is 0 Å². The number of benzene rings is 11. The van der Waals surface area contributed by atoms with E-state index in [0.717, 1.165) is 17.1 Å². The lowest BCUT2D eigenvalue weighted by Gasteiger charge is -2.19. The van der Waals surface area contributed by atoms with Crippen LogP contribution in [0.15, 0.2) is 231 Å². The zero-order valence-corrected chi connectivity index (χ0v) is 46.2. The minimum Gasteiger partial charge on any atom is -0.309 e. The molecule has 0 spiro atoms. The summed E-state index contributed by atoms with van der Waals surface area (Å²) in [5, 5.41) is 12.5. The molecule has 0 radical (unpaired) electrons. The lowest BCUT2D eigenvalue weighted by atomic mass is 9.87. The van der Waals surface area contributed by atoms with Crippen molar-refractivity contribution in [3.05, 3.63) is 247 Å². The number of para-hydroxylation sites is 5. The number of hydrogen-bond donors (Lipinski definition) is 0. The summed E-state index contributed by atoms with van der Waals surface area (Å²) in [4.78, 5) is 0. The smallest absolute Gasteiger partial charge is 0.0570 e. The number of nitrogens with zero attached hydrogens (tertiary/aromatic N) is 5. The van der Waals surface area contributed by atoms with Crippen molar-refractivity contribution < 1.29 is 0 Å².